The van der Waals surface area contributed by atoms with Gasteiger partial charge in [0.15, 0.2) is 11.5 Å². The Bertz CT molecular complexity index is 565. The summed E-state index contributed by atoms with van der Waals surface area (Å²) >= 11 is 6.09. The average Bonchev–Trinajstić information content (AvgIpc) is 2.86. The lowest BCUT2D eigenvalue weighted by atomic mass is 10.0. The third-order valence-electron chi connectivity index (χ3n) is 3.17. The minimum absolute atomic E-state index is 0.167. The van der Waals surface area contributed by atoms with Crippen LogP contribution in [0.2, 0.25) is 5.02 Å². The van der Waals surface area contributed by atoms with Gasteiger partial charge in [0.1, 0.15) is 0 Å². The summed E-state index contributed by atoms with van der Waals surface area (Å²) in [5.41, 5.74) is 1.44. The lowest BCUT2D eigenvalue weighted by Crippen LogP contribution is -2.28. The molecule has 1 fully saturated rings. The summed E-state index contributed by atoms with van der Waals surface area (Å²) < 4.78 is 16.3. The van der Waals surface area contributed by atoms with E-state index in [-0.39, 0.29) is 12.3 Å². The van der Waals surface area contributed by atoms with Gasteiger partial charge in [-0.1, -0.05) is 17.7 Å². The molecule has 0 atom stereocenters. The maximum absolute atomic E-state index is 11.8. The molecule has 0 amide bonds. The lowest BCUT2D eigenvalue weighted by molar-refractivity contribution is -0.0905. The van der Waals surface area contributed by atoms with Crippen molar-refractivity contribution in [2.24, 2.45) is 0 Å². The molecule has 2 rings (SSSR count). The predicted molar refractivity (Wildman–Crippen MR) is 79.2 cm³/mol. The molecule has 0 aromatic carbocycles. The van der Waals surface area contributed by atoms with Crippen molar-refractivity contribution < 1.29 is 19.0 Å². The Morgan fingerprint density at radius 3 is 2.62 bits per heavy atom. The summed E-state index contributed by atoms with van der Waals surface area (Å²) in [6.45, 7) is 6.73. The van der Waals surface area contributed by atoms with Crippen molar-refractivity contribution in [3.05, 3.63) is 34.6 Å². The molecule has 0 radical (unpaired) electrons. The Morgan fingerprint density at radius 1 is 1.43 bits per heavy atom. The summed E-state index contributed by atoms with van der Waals surface area (Å²) in [7, 11) is 0. The lowest BCUT2D eigenvalue weighted by Gasteiger charge is -2.25. The molecule has 0 N–H and O–H groups in total. The zero-order chi connectivity index (χ0) is 15.5. The molecule has 0 saturated carbocycles. The second-order valence-corrected chi connectivity index (χ2v) is 5.06. The van der Waals surface area contributed by atoms with Gasteiger partial charge >= 0.3 is 5.97 Å². The Balaban J connectivity index is 2.40. The van der Waals surface area contributed by atoms with E-state index in [9.17, 15) is 4.79 Å². The molecule has 114 valence electrons. The number of hydrogen-bond donors (Lipinski definition) is 0. The maximum Gasteiger partial charge on any atom is 0.356 e. The molecule has 6 heteroatoms. The number of pyridine rings is 1. The van der Waals surface area contributed by atoms with E-state index in [1.54, 1.807) is 13.0 Å². The van der Waals surface area contributed by atoms with E-state index in [0.717, 1.165) is 5.57 Å². The van der Waals surface area contributed by atoms with Gasteiger partial charge in [-0.05, 0) is 32.9 Å². The number of carbonyl (C=O) groups is 1. The fraction of sp³-hybridized carbons (Fsp3) is 0.467. The van der Waals surface area contributed by atoms with E-state index < -0.39 is 11.8 Å². The van der Waals surface area contributed by atoms with Crippen LogP contribution in [0.3, 0.4) is 0 Å². The van der Waals surface area contributed by atoms with Crippen molar-refractivity contribution in [3.63, 3.8) is 0 Å². The van der Waals surface area contributed by atoms with Crippen LogP contribution in [-0.4, -0.2) is 36.6 Å². The average molecular weight is 312 g/mol. The first-order valence-corrected chi connectivity index (χ1v) is 7.17. The SMILES string of the molecule is C/C=C(\c1cc(Cl)cc(C(=O)OCC)n1)C1(C)OCCO1. The molecule has 2 heterocycles. The fourth-order valence-electron chi connectivity index (χ4n) is 2.26. The van der Waals surface area contributed by atoms with Crippen molar-refractivity contribution in [1.29, 1.82) is 0 Å². The summed E-state index contributed by atoms with van der Waals surface area (Å²) in [4.78, 5) is 16.2. The van der Waals surface area contributed by atoms with E-state index >= 15 is 0 Å². The number of carbonyl (C=O) groups excluding carboxylic acids is 1. The van der Waals surface area contributed by atoms with Crippen LogP contribution in [0.5, 0.6) is 0 Å². The van der Waals surface area contributed by atoms with Crippen molar-refractivity contribution in [2.45, 2.75) is 26.6 Å². The highest BCUT2D eigenvalue weighted by atomic mass is 35.5. The molecule has 1 aliphatic rings. The third kappa shape index (κ3) is 3.43. The van der Waals surface area contributed by atoms with Crippen LogP contribution < -0.4 is 0 Å². The molecule has 0 spiro atoms. The van der Waals surface area contributed by atoms with Crippen molar-refractivity contribution in [2.75, 3.05) is 19.8 Å². The zero-order valence-electron chi connectivity index (χ0n) is 12.3. The number of halogens is 1. The molecule has 0 aliphatic carbocycles. The Labute approximate surface area is 128 Å². The van der Waals surface area contributed by atoms with Crippen molar-refractivity contribution in [3.8, 4) is 0 Å². The first-order chi connectivity index (χ1) is 10.00. The van der Waals surface area contributed by atoms with Crippen LogP contribution in [0.25, 0.3) is 5.57 Å². The van der Waals surface area contributed by atoms with E-state index in [1.165, 1.54) is 6.07 Å². The molecule has 21 heavy (non-hydrogen) atoms. The van der Waals surface area contributed by atoms with Gasteiger partial charge in [0.25, 0.3) is 0 Å². The standard InChI is InChI=1S/C15H18ClNO4/c1-4-11(15(3)20-6-7-21-15)12-8-10(16)9-13(17-12)14(18)19-5-2/h4,8-9H,5-7H2,1-3H3/b11-4+. The highest BCUT2D eigenvalue weighted by molar-refractivity contribution is 6.31. The molecular weight excluding hydrogens is 294 g/mol. The third-order valence-corrected chi connectivity index (χ3v) is 3.39. The van der Waals surface area contributed by atoms with Crippen LogP contribution >= 0.6 is 11.6 Å². The number of allylic oxidation sites excluding steroid dienone is 1. The van der Waals surface area contributed by atoms with Crippen LogP contribution in [0, 0.1) is 0 Å². The number of esters is 1. The number of aromatic nitrogens is 1. The summed E-state index contributed by atoms with van der Waals surface area (Å²) in [6, 6.07) is 3.16. The minimum atomic E-state index is -0.877. The highest BCUT2D eigenvalue weighted by Gasteiger charge is 2.36. The first kappa shape index (κ1) is 15.9. The van der Waals surface area contributed by atoms with E-state index in [2.05, 4.69) is 4.98 Å². The van der Waals surface area contributed by atoms with Gasteiger partial charge in [0.05, 0.1) is 25.5 Å². The van der Waals surface area contributed by atoms with Crippen LogP contribution in [-0.2, 0) is 14.2 Å². The second kappa shape index (κ2) is 6.56. The quantitative estimate of drug-likeness (QED) is 0.800. The van der Waals surface area contributed by atoms with Crippen LogP contribution in [0.4, 0.5) is 0 Å². The number of rotatable bonds is 4. The van der Waals surface area contributed by atoms with Crippen LogP contribution in [0.1, 0.15) is 37.0 Å². The van der Waals surface area contributed by atoms with Crippen molar-refractivity contribution in [1.82, 2.24) is 4.98 Å². The highest BCUT2D eigenvalue weighted by Crippen LogP contribution is 2.34. The molecule has 0 unspecified atom stereocenters. The monoisotopic (exact) mass is 311 g/mol. The van der Waals surface area contributed by atoms with Gasteiger partial charge in [-0.25, -0.2) is 9.78 Å². The van der Waals surface area contributed by atoms with Crippen molar-refractivity contribution >= 4 is 23.1 Å². The van der Waals surface area contributed by atoms with Gasteiger partial charge in [0, 0.05) is 10.6 Å². The maximum atomic E-state index is 11.8. The molecule has 1 aliphatic heterocycles. The van der Waals surface area contributed by atoms with Gasteiger partial charge < -0.3 is 14.2 Å². The van der Waals surface area contributed by atoms with Gasteiger partial charge in [0.2, 0.25) is 0 Å². The van der Waals surface area contributed by atoms with Crippen LogP contribution in [0.15, 0.2) is 18.2 Å². The predicted octanol–water partition coefficient (Wildman–Crippen LogP) is 3.08. The topological polar surface area (TPSA) is 57.7 Å². The molecule has 1 aromatic heterocycles. The summed E-state index contributed by atoms with van der Waals surface area (Å²) in [5.74, 6) is -1.38. The second-order valence-electron chi connectivity index (χ2n) is 4.62. The molecule has 1 saturated heterocycles. The number of ether oxygens (including phenoxy) is 3. The largest absolute Gasteiger partial charge is 0.461 e. The van der Waals surface area contributed by atoms with Gasteiger partial charge in [-0.15, -0.1) is 0 Å². The first-order valence-electron chi connectivity index (χ1n) is 6.80. The Kier molecular flexibility index (Phi) is 4.98. The normalized spacial score (nSPS) is 17.8. The minimum Gasteiger partial charge on any atom is -0.461 e. The molecule has 5 nitrogen and oxygen atoms in total. The van der Waals surface area contributed by atoms with E-state index in [4.69, 9.17) is 25.8 Å². The Hall–Kier alpha value is -1.43. The fourth-order valence-corrected chi connectivity index (χ4v) is 2.46. The summed E-state index contributed by atoms with van der Waals surface area (Å²) in [6.07, 6.45) is 1.85. The van der Waals surface area contributed by atoms with E-state index in [0.29, 0.717) is 23.9 Å². The zero-order valence-corrected chi connectivity index (χ0v) is 13.1. The summed E-state index contributed by atoms with van der Waals surface area (Å²) in [5, 5.41) is 0.406. The van der Waals surface area contributed by atoms with Gasteiger partial charge in [-0.2, -0.15) is 0 Å². The number of hydrogen-bond acceptors (Lipinski definition) is 5. The van der Waals surface area contributed by atoms with E-state index in [1.807, 2.05) is 19.9 Å². The molecule has 1 aromatic rings. The van der Waals surface area contributed by atoms with Gasteiger partial charge in [-0.3, -0.25) is 0 Å². The number of nitrogens with zero attached hydrogens (tertiary/aromatic N) is 1. The molecular formula is C15H18ClNO4. The molecule has 0 bridgehead atoms. The smallest absolute Gasteiger partial charge is 0.356 e. The Morgan fingerprint density at radius 2 is 2.05 bits per heavy atom.